The Hall–Kier alpha value is -0.0800. The first-order valence-electron chi connectivity index (χ1n) is 7.12. The van der Waals surface area contributed by atoms with Gasteiger partial charge in [-0.2, -0.15) is 0 Å². The van der Waals surface area contributed by atoms with Gasteiger partial charge in [-0.1, -0.05) is 33.1 Å². The standard InChI is InChI=1S/C12H23NO.C2H6/c1-13-9-7-12(14,8-10-13)11-5-3-2-4-6-11;1-2/h11,14H,2-10H2,1H3;1-2H3. The van der Waals surface area contributed by atoms with Gasteiger partial charge >= 0.3 is 0 Å². The van der Waals surface area contributed by atoms with Crippen LogP contribution in [-0.2, 0) is 0 Å². The second-order valence-corrected chi connectivity index (χ2v) is 5.24. The molecule has 0 spiro atoms. The summed E-state index contributed by atoms with van der Waals surface area (Å²) in [5.41, 5.74) is -0.313. The zero-order valence-electron chi connectivity index (χ0n) is 11.3. The highest BCUT2D eigenvalue weighted by molar-refractivity contribution is 4.92. The van der Waals surface area contributed by atoms with Gasteiger partial charge in [0.2, 0.25) is 0 Å². The summed E-state index contributed by atoms with van der Waals surface area (Å²) in [4.78, 5) is 2.33. The van der Waals surface area contributed by atoms with E-state index in [2.05, 4.69) is 11.9 Å². The third-order valence-electron chi connectivity index (χ3n) is 4.22. The smallest absolute Gasteiger partial charge is 0.0700 e. The molecule has 1 heterocycles. The van der Waals surface area contributed by atoms with E-state index in [1.807, 2.05) is 13.8 Å². The van der Waals surface area contributed by atoms with Gasteiger partial charge in [0, 0.05) is 13.1 Å². The van der Waals surface area contributed by atoms with Crippen LogP contribution in [0.5, 0.6) is 0 Å². The quantitative estimate of drug-likeness (QED) is 0.744. The molecule has 0 radical (unpaired) electrons. The van der Waals surface area contributed by atoms with Gasteiger partial charge in [0.1, 0.15) is 0 Å². The van der Waals surface area contributed by atoms with E-state index >= 15 is 0 Å². The molecule has 2 aliphatic rings. The van der Waals surface area contributed by atoms with Crippen molar-refractivity contribution in [2.75, 3.05) is 20.1 Å². The van der Waals surface area contributed by atoms with Gasteiger partial charge in [0.05, 0.1) is 5.60 Å². The van der Waals surface area contributed by atoms with Gasteiger partial charge in [-0.15, -0.1) is 0 Å². The molecule has 0 amide bonds. The Morgan fingerprint density at radius 2 is 1.50 bits per heavy atom. The van der Waals surface area contributed by atoms with Crippen molar-refractivity contribution >= 4 is 0 Å². The van der Waals surface area contributed by atoms with Crippen LogP contribution in [0.2, 0.25) is 0 Å². The highest BCUT2D eigenvalue weighted by Gasteiger charge is 2.38. The fourth-order valence-corrected chi connectivity index (χ4v) is 3.05. The molecule has 1 aliphatic carbocycles. The van der Waals surface area contributed by atoms with E-state index < -0.39 is 0 Å². The molecule has 1 saturated carbocycles. The normalized spacial score (nSPS) is 27.0. The van der Waals surface area contributed by atoms with Crippen molar-refractivity contribution in [1.82, 2.24) is 4.90 Å². The second-order valence-electron chi connectivity index (χ2n) is 5.24. The van der Waals surface area contributed by atoms with Crippen LogP contribution in [0, 0.1) is 5.92 Å². The maximum Gasteiger partial charge on any atom is 0.0700 e. The molecule has 2 heteroatoms. The second kappa shape index (κ2) is 6.61. The van der Waals surface area contributed by atoms with Crippen molar-refractivity contribution in [2.24, 2.45) is 5.92 Å². The Morgan fingerprint density at radius 1 is 1.00 bits per heavy atom. The first-order valence-corrected chi connectivity index (χ1v) is 7.12. The summed E-state index contributed by atoms with van der Waals surface area (Å²) in [6, 6.07) is 0. The summed E-state index contributed by atoms with van der Waals surface area (Å²) in [7, 11) is 2.15. The van der Waals surface area contributed by atoms with Crippen LogP contribution in [0.1, 0.15) is 58.8 Å². The van der Waals surface area contributed by atoms with E-state index in [0.29, 0.717) is 5.92 Å². The molecule has 96 valence electrons. The number of hydrogen-bond donors (Lipinski definition) is 1. The lowest BCUT2D eigenvalue weighted by molar-refractivity contribution is -0.0738. The lowest BCUT2D eigenvalue weighted by atomic mass is 9.72. The van der Waals surface area contributed by atoms with Gasteiger partial charge in [0.15, 0.2) is 0 Å². The van der Waals surface area contributed by atoms with Gasteiger partial charge in [-0.25, -0.2) is 0 Å². The van der Waals surface area contributed by atoms with Crippen molar-refractivity contribution in [3.63, 3.8) is 0 Å². The maximum atomic E-state index is 10.6. The Kier molecular flexibility index (Phi) is 5.77. The number of rotatable bonds is 1. The Bertz CT molecular complexity index is 179. The van der Waals surface area contributed by atoms with Crippen LogP contribution in [0.3, 0.4) is 0 Å². The summed E-state index contributed by atoms with van der Waals surface area (Å²) in [6.45, 7) is 6.15. The van der Waals surface area contributed by atoms with E-state index in [4.69, 9.17) is 0 Å². The molecule has 0 bridgehead atoms. The summed E-state index contributed by atoms with van der Waals surface area (Å²) >= 11 is 0. The van der Waals surface area contributed by atoms with Crippen molar-refractivity contribution in [1.29, 1.82) is 0 Å². The van der Waals surface area contributed by atoms with E-state index in [9.17, 15) is 5.11 Å². The Labute approximate surface area is 101 Å². The van der Waals surface area contributed by atoms with Crippen LogP contribution in [0.25, 0.3) is 0 Å². The molecule has 0 aromatic heterocycles. The third kappa shape index (κ3) is 3.46. The molecular formula is C14H29NO. The third-order valence-corrected chi connectivity index (χ3v) is 4.22. The van der Waals surface area contributed by atoms with E-state index in [1.54, 1.807) is 0 Å². The van der Waals surface area contributed by atoms with E-state index in [0.717, 1.165) is 25.9 Å². The topological polar surface area (TPSA) is 23.5 Å². The summed E-state index contributed by atoms with van der Waals surface area (Å²) in [6.07, 6.45) is 8.57. The zero-order chi connectivity index (χ0) is 12.0. The molecule has 0 atom stereocenters. The van der Waals surface area contributed by atoms with Crippen LogP contribution < -0.4 is 0 Å². The molecule has 2 fully saturated rings. The molecule has 2 rings (SSSR count). The van der Waals surface area contributed by atoms with Crippen molar-refractivity contribution in [3.05, 3.63) is 0 Å². The summed E-state index contributed by atoms with van der Waals surface area (Å²) in [5, 5.41) is 10.6. The van der Waals surface area contributed by atoms with E-state index in [1.165, 1.54) is 32.1 Å². The monoisotopic (exact) mass is 227 g/mol. The van der Waals surface area contributed by atoms with Crippen LogP contribution in [0.15, 0.2) is 0 Å². The summed E-state index contributed by atoms with van der Waals surface area (Å²) in [5.74, 6) is 0.602. The average molecular weight is 227 g/mol. The molecular weight excluding hydrogens is 198 g/mol. The predicted octanol–water partition coefficient (Wildman–Crippen LogP) is 3.05. The summed E-state index contributed by atoms with van der Waals surface area (Å²) < 4.78 is 0. The number of hydrogen-bond acceptors (Lipinski definition) is 2. The van der Waals surface area contributed by atoms with Crippen LogP contribution >= 0.6 is 0 Å². The van der Waals surface area contributed by atoms with E-state index in [-0.39, 0.29) is 5.60 Å². The molecule has 16 heavy (non-hydrogen) atoms. The fourth-order valence-electron chi connectivity index (χ4n) is 3.05. The average Bonchev–Trinajstić information content (AvgIpc) is 2.37. The largest absolute Gasteiger partial charge is 0.390 e. The molecule has 0 unspecified atom stereocenters. The molecule has 1 saturated heterocycles. The molecule has 0 aromatic carbocycles. The molecule has 2 nitrogen and oxygen atoms in total. The Balaban J connectivity index is 0.000000606. The van der Waals surface area contributed by atoms with Gasteiger partial charge in [0.25, 0.3) is 0 Å². The highest BCUT2D eigenvalue weighted by Crippen LogP contribution is 2.38. The zero-order valence-corrected chi connectivity index (χ0v) is 11.3. The number of aliphatic hydroxyl groups is 1. The molecule has 1 aliphatic heterocycles. The van der Waals surface area contributed by atoms with Crippen LogP contribution in [-0.4, -0.2) is 35.7 Å². The van der Waals surface area contributed by atoms with Crippen molar-refractivity contribution in [2.45, 2.75) is 64.4 Å². The minimum absolute atomic E-state index is 0.313. The number of nitrogens with zero attached hydrogens (tertiary/aromatic N) is 1. The lowest BCUT2D eigenvalue weighted by Gasteiger charge is -2.43. The maximum absolute atomic E-state index is 10.6. The van der Waals surface area contributed by atoms with Gasteiger partial charge < -0.3 is 10.0 Å². The molecule has 1 N–H and O–H groups in total. The van der Waals surface area contributed by atoms with Gasteiger partial charge in [-0.3, -0.25) is 0 Å². The fraction of sp³-hybridized carbons (Fsp3) is 1.00. The molecule has 0 aromatic rings. The van der Waals surface area contributed by atoms with Gasteiger partial charge in [-0.05, 0) is 38.6 Å². The highest BCUT2D eigenvalue weighted by atomic mass is 16.3. The first kappa shape index (κ1) is 14.0. The minimum Gasteiger partial charge on any atom is -0.390 e. The lowest BCUT2D eigenvalue weighted by Crippen LogP contribution is -2.48. The predicted molar refractivity (Wildman–Crippen MR) is 69.6 cm³/mol. The number of likely N-dealkylation sites (tertiary alicyclic amines) is 1. The first-order chi connectivity index (χ1) is 7.71. The minimum atomic E-state index is -0.313. The van der Waals surface area contributed by atoms with Crippen molar-refractivity contribution in [3.8, 4) is 0 Å². The Morgan fingerprint density at radius 3 is 2.00 bits per heavy atom. The SMILES string of the molecule is CC.CN1CCC(O)(C2CCCCC2)CC1. The van der Waals surface area contributed by atoms with Crippen LogP contribution in [0.4, 0.5) is 0 Å². The van der Waals surface area contributed by atoms with Crippen molar-refractivity contribution < 1.29 is 5.11 Å². The number of piperidine rings is 1.